The number of nitrogens with one attached hydrogen (secondary N) is 1. The topological polar surface area (TPSA) is 82.4 Å². The fourth-order valence-corrected chi connectivity index (χ4v) is 4.21. The maximum absolute atomic E-state index is 13.0. The van der Waals surface area contributed by atoms with Gasteiger partial charge in [-0.2, -0.15) is 0 Å². The van der Waals surface area contributed by atoms with E-state index in [9.17, 15) is 9.59 Å². The first kappa shape index (κ1) is 23.5. The highest BCUT2D eigenvalue weighted by molar-refractivity contribution is 7.99. The van der Waals surface area contributed by atoms with E-state index in [0.717, 1.165) is 5.75 Å². The van der Waals surface area contributed by atoms with E-state index < -0.39 is 0 Å². The van der Waals surface area contributed by atoms with Crippen LogP contribution in [0.1, 0.15) is 6.42 Å². The molecular formula is C26H25N3O4S. The minimum absolute atomic E-state index is 0.112. The second-order valence-corrected chi connectivity index (χ2v) is 8.43. The molecule has 0 bridgehead atoms. The molecule has 1 amide bonds. The fraction of sp³-hybridized carbons (Fsp3) is 0.192. The number of para-hydroxylation sites is 2. The van der Waals surface area contributed by atoms with Crippen LogP contribution in [-0.2, 0) is 16.1 Å². The minimum Gasteiger partial charge on any atom is -0.457 e. The highest BCUT2D eigenvalue weighted by Gasteiger charge is 2.13. The largest absolute Gasteiger partial charge is 0.457 e. The molecule has 0 aliphatic carbocycles. The van der Waals surface area contributed by atoms with Crippen molar-refractivity contribution in [3.8, 4) is 11.5 Å². The first-order valence-corrected chi connectivity index (χ1v) is 11.9. The molecule has 1 aromatic heterocycles. The van der Waals surface area contributed by atoms with Crippen LogP contribution in [0.4, 0.5) is 5.69 Å². The predicted octanol–water partition coefficient (Wildman–Crippen LogP) is 4.96. The van der Waals surface area contributed by atoms with E-state index in [1.54, 1.807) is 48.1 Å². The van der Waals surface area contributed by atoms with Crippen molar-refractivity contribution in [2.45, 2.75) is 18.1 Å². The van der Waals surface area contributed by atoms with Gasteiger partial charge in [-0.1, -0.05) is 42.1 Å². The Bertz CT molecular complexity index is 1310. The van der Waals surface area contributed by atoms with Gasteiger partial charge in [0.1, 0.15) is 11.5 Å². The van der Waals surface area contributed by atoms with Gasteiger partial charge in [0.15, 0.2) is 5.16 Å². The van der Waals surface area contributed by atoms with Crippen molar-refractivity contribution in [3.63, 3.8) is 0 Å². The van der Waals surface area contributed by atoms with E-state index in [-0.39, 0.29) is 17.2 Å². The molecule has 34 heavy (non-hydrogen) atoms. The number of carbonyl (C=O) groups is 1. The molecule has 0 spiro atoms. The number of carbonyl (C=O) groups excluding carboxylic acids is 1. The van der Waals surface area contributed by atoms with Gasteiger partial charge in [0.25, 0.3) is 5.56 Å². The van der Waals surface area contributed by atoms with E-state index in [4.69, 9.17) is 9.47 Å². The summed E-state index contributed by atoms with van der Waals surface area (Å²) in [5.74, 6) is 1.36. The summed E-state index contributed by atoms with van der Waals surface area (Å²) < 4.78 is 12.5. The normalized spacial score (nSPS) is 10.9. The number of methoxy groups -OCH3 is 1. The highest BCUT2D eigenvalue weighted by Crippen LogP contribution is 2.23. The third-order valence-electron chi connectivity index (χ3n) is 5.01. The van der Waals surface area contributed by atoms with Crippen LogP contribution in [0.5, 0.6) is 11.5 Å². The van der Waals surface area contributed by atoms with Crippen molar-refractivity contribution >= 4 is 34.3 Å². The first-order chi connectivity index (χ1) is 16.6. The van der Waals surface area contributed by atoms with Crippen molar-refractivity contribution in [3.05, 3.63) is 89.2 Å². The standard InChI is InChI=1S/C26H25N3O4S/c1-32-17-7-16-29-25(31)22-10-5-6-11-23(22)28-26(29)34-18-24(30)27-19-12-14-21(15-13-19)33-20-8-3-2-4-9-20/h2-6,8-15H,7,16-18H2,1H3,(H,27,30). The summed E-state index contributed by atoms with van der Waals surface area (Å²) >= 11 is 1.24. The van der Waals surface area contributed by atoms with Crippen molar-refractivity contribution in [1.82, 2.24) is 9.55 Å². The van der Waals surface area contributed by atoms with Crippen LogP contribution in [-0.4, -0.2) is 34.9 Å². The Kier molecular flexibility index (Phi) is 7.95. The summed E-state index contributed by atoms with van der Waals surface area (Å²) in [7, 11) is 1.63. The quantitative estimate of drug-likeness (QED) is 0.198. The molecule has 4 rings (SSSR count). The lowest BCUT2D eigenvalue weighted by atomic mass is 10.2. The zero-order chi connectivity index (χ0) is 23.8. The number of nitrogens with zero attached hydrogens (tertiary/aromatic N) is 2. The number of benzene rings is 3. The van der Waals surface area contributed by atoms with Gasteiger partial charge in [-0.15, -0.1) is 0 Å². The zero-order valence-electron chi connectivity index (χ0n) is 18.8. The molecule has 0 fully saturated rings. The SMILES string of the molecule is COCCCn1c(SCC(=O)Nc2ccc(Oc3ccccc3)cc2)nc2ccccc2c1=O. The number of aromatic nitrogens is 2. The van der Waals surface area contributed by atoms with Crippen LogP contribution in [0.2, 0.25) is 0 Å². The van der Waals surface area contributed by atoms with E-state index in [2.05, 4.69) is 10.3 Å². The number of thioether (sulfide) groups is 1. The maximum Gasteiger partial charge on any atom is 0.262 e. The maximum atomic E-state index is 13.0. The molecule has 0 aliphatic rings. The molecule has 0 aliphatic heterocycles. The van der Waals surface area contributed by atoms with Crippen molar-refractivity contribution in [2.24, 2.45) is 0 Å². The number of hydrogen-bond donors (Lipinski definition) is 1. The van der Waals surface area contributed by atoms with Crippen LogP contribution in [0.15, 0.2) is 88.8 Å². The molecule has 4 aromatic rings. The van der Waals surface area contributed by atoms with Crippen molar-refractivity contribution < 1.29 is 14.3 Å². The van der Waals surface area contributed by atoms with Crippen LogP contribution < -0.4 is 15.6 Å². The Labute approximate surface area is 201 Å². The fourth-order valence-electron chi connectivity index (χ4n) is 3.38. The summed E-state index contributed by atoms with van der Waals surface area (Å²) in [6, 6.07) is 23.9. The number of amides is 1. The lowest BCUT2D eigenvalue weighted by molar-refractivity contribution is -0.113. The molecule has 8 heteroatoms. The molecule has 0 atom stereocenters. The summed E-state index contributed by atoms with van der Waals surface area (Å²) in [5, 5.41) is 3.95. The van der Waals surface area contributed by atoms with Gasteiger partial charge >= 0.3 is 0 Å². The van der Waals surface area contributed by atoms with Crippen LogP contribution in [0, 0.1) is 0 Å². The third-order valence-corrected chi connectivity index (χ3v) is 5.98. The summed E-state index contributed by atoms with van der Waals surface area (Å²) in [6.45, 7) is 1.01. The second kappa shape index (κ2) is 11.5. The van der Waals surface area contributed by atoms with Crippen LogP contribution in [0.25, 0.3) is 10.9 Å². The number of hydrogen-bond acceptors (Lipinski definition) is 6. The molecule has 174 valence electrons. The first-order valence-electron chi connectivity index (χ1n) is 10.9. The number of anilines is 1. The molecule has 7 nitrogen and oxygen atoms in total. The van der Waals surface area contributed by atoms with Crippen molar-refractivity contribution in [1.29, 1.82) is 0 Å². The summed E-state index contributed by atoms with van der Waals surface area (Å²) in [5.41, 5.74) is 1.17. The molecule has 0 radical (unpaired) electrons. The minimum atomic E-state index is -0.187. The predicted molar refractivity (Wildman–Crippen MR) is 135 cm³/mol. The van der Waals surface area contributed by atoms with Crippen molar-refractivity contribution in [2.75, 3.05) is 24.8 Å². The van der Waals surface area contributed by atoms with E-state index in [1.807, 2.05) is 42.5 Å². The summed E-state index contributed by atoms with van der Waals surface area (Å²) in [6.07, 6.45) is 0.674. The number of ether oxygens (including phenoxy) is 2. The summed E-state index contributed by atoms with van der Waals surface area (Å²) in [4.78, 5) is 30.2. The van der Waals surface area contributed by atoms with E-state index in [1.165, 1.54) is 11.8 Å². The molecule has 0 unspecified atom stereocenters. The van der Waals surface area contributed by atoms with Crippen LogP contribution in [0.3, 0.4) is 0 Å². The van der Waals surface area contributed by atoms with Gasteiger partial charge in [-0.3, -0.25) is 14.2 Å². The van der Waals surface area contributed by atoms with Gasteiger partial charge < -0.3 is 14.8 Å². The number of rotatable bonds is 10. The Morgan fingerprint density at radius 1 is 0.971 bits per heavy atom. The molecule has 3 aromatic carbocycles. The Morgan fingerprint density at radius 3 is 2.44 bits per heavy atom. The van der Waals surface area contributed by atoms with Gasteiger partial charge in [0.2, 0.25) is 5.91 Å². The Morgan fingerprint density at radius 2 is 1.68 bits per heavy atom. The van der Waals surface area contributed by atoms with Crippen LogP contribution >= 0.6 is 11.8 Å². The van der Waals surface area contributed by atoms with Gasteiger partial charge in [0, 0.05) is 25.9 Å². The van der Waals surface area contributed by atoms with E-state index >= 15 is 0 Å². The lowest BCUT2D eigenvalue weighted by Gasteiger charge is -2.13. The molecule has 1 N–H and O–H groups in total. The average Bonchev–Trinajstić information content (AvgIpc) is 2.86. The zero-order valence-corrected chi connectivity index (χ0v) is 19.6. The van der Waals surface area contributed by atoms with Gasteiger partial charge in [-0.05, 0) is 55.0 Å². The van der Waals surface area contributed by atoms with Gasteiger partial charge in [-0.25, -0.2) is 4.98 Å². The van der Waals surface area contributed by atoms with Gasteiger partial charge in [0.05, 0.1) is 16.7 Å². The highest BCUT2D eigenvalue weighted by atomic mass is 32.2. The molecular weight excluding hydrogens is 450 g/mol. The van der Waals surface area contributed by atoms with E-state index in [0.29, 0.717) is 47.1 Å². The number of fused-ring (bicyclic) bond motifs is 1. The molecule has 0 saturated carbocycles. The second-order valence-electron chi connectivity index (χ2n) is 7.49. The monoisotopic (exact) mass is 475 g/mol. The Hall–Kier alpha value is -3.62. The third kappa shape index (κ3) is 6.03. The smallest absolute Gasteiger partial charge is 0.262 e. The average molecular weight is 476 g/mol. The molecule has 0 saturated heterocycles. The Balaban J connectivity index is 1.41. The molecule has 1 heterocycles. The lowest BCUT2D eigenvalue weighted by Crippen LogP contribution is -2.25.